The van der Waals surface area contributed by atoms with Gasteiger partial charge in [-0.25, -0.2) is 5.43 Å². The summed E-state index contributed by atoms with van der Waals surface area (Å²) < 4.78 is 16.1. The van der Waals surface area contributed by atoms with Gasteiger partial charge in [-0.1, -0.05) is 12.1 Å². The highest BCUT2D eigenvalue weighted by molar-refractivity contribution is 6.01. The fourth-order valence-corrected chi connectivity index (χ4v) is 2.34. The molecule has 1 amide bonds. The highest BCUT2D eigenvalue weighted by Gasteiger charge is 2.09. The molecule has 0 aliphatic carbocycles. The maximum Gasteiger partial charge on any atom is 0.277 e. The van der Waals surface area contributed by atoms with Crippen molar-refractivity contribution in [1.82, 2.24) is 5.43 Å². The molecule has 2 aromatic rings. The number of hydrogen-bond donors (Lipinski definition) is 1. The molecule has 1 N–H and O–H groups in total. The first-order chi connectivity index (χ1) is 12.4. The Hall–Kier alpha value is -3.02. The molecule has 2 aromatic carbocycles. The molecule has 138 valence electrons. The van der Waals surface area contributed by atoms with Crippen LogP contribution < -0.4 is 19.6 Å². The molecule has 0 fully saturated rings. The lowest BCUT2D eigenvalue weighted by molar-refractivity contribution is -0.123. The molecular formula is C20H24N2O4. The third-order valence-corrected chi connectivity index (χ3v) is 3.85. The maximum absolute atomic E-state index is 12.0. The van der Waals surface area contributed by atoms with Crippen LogP contribution in [0, 0.1) is 13.8 Å². The molecular weight excluding hydrogens is 332 g/mol. The van der Waals surface area contributed by atoms with Gasteiger partial charge >= 0.3 is 0 Å². The van der Waals surface area contributed by atoms with Crippen LogP contribution >= 0.6 is 0 Å². The minimum atomic E-state index is -0.335. The van der Waals surface area contributed by atoms with Crippen molar-refractivity contribution < 1.29 is 19.0 Å². The molecule has 0 atom stereocenters. The van der Waals surface area contributed by atoms with Crippen LogP contribution in [-0.4, -0.2) is 32.4 Å². The summed E-state index contributed by atoms with van der Waals surface area (Å²) in [4.78, 5) is 12.0. The minimum absolute atomic E-state index is 0.110. The number of nitrogens with one attached hydrogen (secondary N) is 1. The van der Waals surface area contributed by atoms with Crippen LogP contribution in [0.15, 0.2) is 41.5 Å². The molecule has 0 radical (unpaired) electrons. The lowest BCUT2D eigenvalue weighted by atomic mass is 10.1. The van der Waals surface area contributed by atoms with Crippen molar-refractivity contribution in [2.45, 2.75) is 20.8 Å². The van der Waals surface area contributed by atoms with E-state index < -0.39 is 0 Å². The molecule has 0 saturated heterocycles. The lowest BCUT2D eigenvalue weighted by Crippen LogP contribution is -2.25. The van der Waals surface area contributed by atoms with Crippen LogP contribution in [0.4, 0.5) is 0 Å². The number of nitrogens with zero attached hydrogens (tertiary/aromatic N) is 1. The topological polar surface area (TPSA) is 69.2 Å². The molecule has 0 spiro atoms. The molecule has 0 bridgehead atoms. The monoisotopic (exact) mass is 356 g/mol. The Bertz CT molecular complexity index is 815. The summed E-state index contributed by atoms with van der Waals surface area (Å²) in [5.74, 6) is 1.66. The molecule has 0 heterocycles. The van der Waals surface area contributed by atoms with Gasteiger partial charge in [-0.2, -0.15) is 5.10 Å². The number of carbonyl (C=O) groups excluding carboxylic acids is 1. The Labute approximate surface area is 153 Å². The smallest absolute Gasteiger partial charge is 0.277 e. The number of amides is 1. The van der Waals surface area contributed by atoms with E-state index in [1.165, 1.54) is 0 Å². The third-order valence-electron chi connectivity index (χ3n) is 3.85. The van der Waals surface area contributed by atoms with Crippen LogP contribution in [-0.2, 0) is 4.79 Å². The van der Waals surface area contributed by atoms with Gasteiger partial charge in [0.1, 0.15) is 17.2 Å². The second kappa shape index (κ2) is 8.89. The Morgan fingerprint density at radius 1 is 1.04 bits per heavy atom. The van der Waals surface area contributed by atoms with Crippen molar-refractivity contribution in [2.75, 3.05) is 20.8 Å². The van der Waals surface area contributed by atoms with Gasteiger partial charge in [0.15, 0.2) is 6.61 Å². The first-order valence-corrected chi connectivity index (χ1v) is 8.20. The van der Waals surface area contributed by atoms with Crippen LogP contribution in [0.1, 0.15) is 23.6 Å². The van der Waals surface area contributed by atoms with Crippen LogP contribution in [0.2, 0.25) is 0 Å². The number of methoxy groups -OCH3 is 2. The summed E-state index contributed by atoms with van der Waals surface area (Å²) in [6.45, 7) is 5.59. The number of hydrogen-bond acceptors (Lipinski definition) is 5. The number of aryl methyl sites for hydroxylation is 2. The SMILES string of the molecule is COc1ccc(/C(C)=N\NC(=O)COc2cc(C)ccc2C)c(OC)c1. The quantitative estimate of drug-likeness (QED) is 0.611. The average Bonchev–Trinajstić information content (AvgIpc) is 2.66. The van der Waals surface area contributed by atoms with E-state index in [-0.39, 0.29) is 12.5 Å². The maximum atomic E-state index is 12.0. The standard InChI is InChI=1S/C20H24N2O4/c1-13-6-7-14(2)18(10-13)26-12-20(23)22-21-15(3)17-9-8-16(24-4)11-19(17)25-5/h6-11H,12H2,1-5H3,(H,22,23)/b21-15-. The Kier molecular flexibility index (Phi) is 6.60. The molecule has 0 aliphatic rings. The van der Waals surface area contributed by atoms with Crippen molar-refractivity contribution in [3.05, 3.63) is 53.1 Å². The van der Waals surface area contributed by atoms with E-state index in [9.17, 15) is 4.79 Å². The van der Waals surface area contributed by atoms with Crippen molar-refractivity contribution in [2.24, 2.45) is 5.10 Å². The highest BCUT2D eigenvalue weighted by atomic mass is 16.5. The van der Waals surface area contributed by atoms with E-state index >= 15 is 0 Å². The van der Waals surface area contributed by atoms with Crippen molar-refractivity contribution in [1.29, 1.82) is 0 Å². The van der Waals surface area contributed by atoms with E-state index in [4.69, 9.17) is 14.2 Å². The predicted octanol–water partition coefficient (Wildman–Crippen LogP) is 3.24. The number of rotatable bonds is 7. The summed E-state index contributed by atoms with van der Waals surface area (Å²) in [5.41, 5.74) is 5.94. The lowest BCUT2D eigenvalue weighted by Gasteiger charge is -2.11. The fraction of sp³-hybridized carbons (Fsp3) is 0.300. The predicted molar refractivity (Wildman–Crippen MR) is 101 cm³/mol. The molecule has 2 rings (SSSR count). The molecule has 0 aliphatic heterocycles. The van der Waals surface area contributed by atoms with Gasteiger partial charge in [-0.05, 0) is 50.1 Å². The zero-order valence-corrected chi connectivity index (χ0v) is 15.8. The molecule has 0 unspecified atom stereocenters. The van der Waals surface area contributed by atoms with Gasteiger partial charge in [-0.15, -0.1) is 0 Å². The normalized spacial score (nSPS) is 11.0. The molecule has 0 aromatic heterocycles. The zero-order valence-electron chi connectivity index (χ0n) is 15.8. The summed E-state index contributed by atoms with van der Waals surface area (Å²) in [6.07, 6.45) is 0. The number of carbonyl (C=O) groups is 1. The van der Waals surface area contributed by atoms with Crippen molar-refractivity contribution in [3.63, 3.8) is 0 Å². The second-order valence-corrected chi connectivity index (χ2v) is 5.86. The van der Waals surface area contributed by atoms with E-state index in [0.717, 1.165) is 16.7 Å². The summed E-state index contributed by atoms with van der Waals surface area (Å²) in [7, 11) is 3.16. The fourth-order valence-electron chi connectivity index (χ4n) is 2.34. The van der Waals surface area contributed by atoms with Gasteiger partial charge in [0.25, 0.3) is 5.91 Å². The minimum Gasteiger partial charge on any atom is -0.497 e. The highest BCUT2D eigenvalue weighted by Crippen LogP contribution is 2.25. The van der Waals surface area contributed by atoms with E-state index in [2.05, 4.69) is 10.5 Å². The summed E-state index contributed by atoms with van der Waals surface area (Å²) >= 11 is 0. The molecule has 6 nitrogen and oxygen atoms in total. The summed E-state index contributed by atoms with van der Waals surface area (Å²) in [6, 6.07) is 11.3. The van der Waals surface area contributed by atoms with Gasteiger partial charge < -0.3 is 14.2 Å². The van der Waals surface area contributed by atoms with Crippen molar-refractivity contribution in [3.8, 4) is 17.2 Å². The Morgan fingerprint density at radius 2 is 1.81 bits per heavy atom. The van der Waals surface area contributed by atoms with Gasteiger partial charge in [0.05, 0.1) is 19.9 Å². The zero-order chi connectivity index (χ0) is 19.1. The molecule has 6 heteroatoms. The van der Waals surface area contributed by atoms with Crippen molar-refractivity contribution >= 4 is 11.6 Å². The van der Waals surface area contributed by atoms with Gasteiger partial charge in [0.2, 0.25) is 0 Å². The van der Waals surface area contributed by atoms with Crippen LogP contribution in [0.5, 0.6) is 17.2 Å². The van der Waals surface area contributed by atoms with Gasteiger partial charge in [-0.3, -0.25) is 4.79 Å². The van der Waals surface area contributed by atoms with Gasteiger partial charge in [0, 0.05) is 11.6 Å². The Balaban J connectivity index is 2.00. The number of ether oxygens (including phenoxy) is 3. The Morgan fingerprint density at radius 3 is 2.50 bits per heavy atom. The molecule has 0 saturated carbocycles. The first kappa shape index (κ1) is 19.3. The molecule has 26 heavy (non-hydrogen) atoms. The van der Waals surface area contributed by atoms with Crippen LogP contribution in [0.3, 0.4) is 0 Å². The third kappa shape index (κ3) is 4.99. The first-order valence-electron chi connectivity index (χ1n) is 8.20. The van der Waals surface area contributed by atoms with E-state index in [1.807, 2.05) is 44.2 Å². The number of hydrazone groups is 1. The van der Waals surface area contributed by atoms with Crippen LogP contribution in [0.25, 0.3) is 0 Å². The average molecular weight is 356 g/mol. The van der Waals surface area contributed by atoms with E-state index in [1.54, 1.807) is 27.2 Å². The largest absolute Gasteiger partial charge is 0.497 e. The number of benzene rings is 2. The van der Waals surface area contributed by atoms with E-state index in [0.29, 0.717) is 23.0 Å². The second-order valence-electron chi connectivity index (χ2n) is 5.86. The summed E-state index contributed by atoms with van der Waals surface area (Å²) in [5, 5.41) is 4.13.